The standard InChI is InChI=1S/C21H20FNO4/c1-27-20(26)17-18(24)16-10-9-15(13-5-7-14(22)8-6-13)23(16)21(19(17)25)11-3-2-4-12-21/h5-10,24H,2-4,11-12H2,1H3. The highest BCUT2D eigenvalue weighted by Gasteiger charge is 2.50. The highest BCUT2D eigenvalue weighted by atomic mass is 19.1. The molecule has 0 bridgehead atoms. The second-order valence-electron chi connectivity index (χ2n) is 7.08. The fourth-order valence-corrected chi connectivity index (χ4v) is 4.38. The first-order chi connectivity index (χ1) is 13.0. The van der Waals surface area contributed by atoms with Crippen molar-refractivity contribution in [3.8, 4) is 11.3 Å². The van der Waals surface area contributed by atoms with E-state index in [0.29, 0.717) is 18.5 Å². The van der Waals surface area contributed by atoms with Crippen molar-refractivity contribution in [3.63, 3.8) is 0 Å². The van der Waals surface area contributed by atoms with Crippen molar-refractivity contribution in [2.75, 3.05) is 7.11 Å². The number of carbonyl (C=O) groups is 2. The van der Waals surface area contributed by atoms with Crippen LogP contribution >= 0.6 is 0 Å². The molecule has 1 saturated carbocycles. The number of carbonyl (C=O) groups excluding carboxylic acids is 2. The zero-order valence-corrected chi connectivity index (χ0v) is 15.0. The number of fused-ring (bicyclic) bond motifs is 2. The van der Waals surface area contributed by atoms with E-state index in [9.17, 15) is 19.1 Å². The van der Waals surface area contributed by atoms with E-state index in [2.05, 4.69) is 0 Å². The van der Waals surface area contributed by atoms with Crippen molar-refractivity contribution in [2.45, 2.75) is 37.6 Å². The molecule has 1 fully saturated rings. The summed E-state index contributed by atoms with van der Waals surface area (Å²) >= 11 is 0. The lowest BCUT2D eigenvalue weighted by molar-refractivity contribution is -0.140. The number of aliphatic hydroxyl groups excluding tert-OH is 1. The van der Waals surface area contributed by atoms with E-state index in [4.69, 9.17) is 4.74 Å². The van der Waals surface area contributed by atoms with Gasteiger partial charge in [-0.1, -0.05) is 19.3 Å². The van der Waals surface area contributed by atoms with Crippen LogP contribution in [0.3, 0.4) is 0 Å². The minimum Gasteiger partial charge on any atom is -0.505 e. The molecule has 1 spiro atoms. The predicted octanol–water partition coefficient (Wildman–Crippen LogP) is 3.98. The van der Waals surface area contributed by atoms with Crippen LogP contribution in [0.2, 0.25) is 0 Å². The number of esters is 1. The number of methoxy groups -OCH3 is 1. The van der Waals surface area contributed by atoms with Gasteiger partial charge in [0.05, 0.1) is 12.8 Å². The largest absolute Gasteiger partial charge is 0.505 e. The topological polar surface area (TPSA) is 68.5 Å². The highest BCUT2D eigenvalue weighted by molar-refractivity contribution is 6.25. The molecule has 4 rings (SSSR count). The number of Topliss-reactive ketones (excluding diaryl/α,β-unsaturated/α-hetero) is 1. The number of ketones is 1. The van der Waals surface area contributed by atoms with Gasteiger partial charge in [0.1, 0.15) is 16.9 Å². The third-order valence-electron chi connectivity index (χ3n) is 5.65. The SMILES string of the molecule is COC(=O)C1=C(O)c2ccc(-c3ccc(F)cc3)n2C2(CCCCC2)C1=O. The van der Waals surface area contributed by atoms with Gasteiger partial charge in [-0.3, -0.25) is 4.79 Å². The normalized spacial score (nSPS) is 18.5. The van der Waals surface area contributed by atoms with Crippen LogP contribution in [0.5, 0.6) is 0 Å². The Hall–Kier alpha value is -2.89. The van der Waals surface area contributed by atoms with Crippen LogP contribution in [0.15, 0.2) is 42.0 Å². The summed E-state index contributed by atoms with van der Waals surface area (Å²) in [6, 6.07) is 9.51. The van der Waals surface area contributed by atoms with Gasteiger partial charge in [-0.25, -0.2) is 9.18 Å². The van der Waals surface area contributed by atoms with Crippen molar-refractivity contribution in [1.29, 1.82) is 0 Å². The molecule has 0 atom stereocenters. The van der Waals surface area contributed by atoms with Crippen LogP contribution in [0.4, 0.5) is 4.39 Å². The van der Waals surface area contributed by atoms with Gasteiger partial charge in [-0.15, -0.1) is 0 Å². The summed E-state index contributed by atoms with van der Waals surface area (Å²) < 4.78 is 20.0. The van der Waals surface area contributed by atoms with E-state index in [1.54, 1.807) is 24.3 Å². The van der Waals surface area contributed by atoms with Crippen LogP contribution in [0, 0.1) is 5.82 Å². The van der Waals surface area contributed by atoms with Gasteiger partial charge in [-0.2, -0.15) is 0 Å². The van der Waals surface area contributed by atoms with Crippen molar-refractivity contribution >= 4 is 17.5 Å². The maximum Gasteiger partial charge on any atom is 0.345 e. The van der Waals surface area contributed by atoms with Crippen molar-refractivity contribution in [1.82, 2.24) is 4.57 Å². The quantitative estimate of drug-likeness (QED) is 0.642. The van der Waals surface area contributed by atoms with E-state index in [1.807, 2.05) is 4.57 Å². The van der Waals surface area contributed by atoms with Crippen LogP contribution in [-0.4, -0.2) is 28.5 Å². The summed E-state index contributed by atoms with van der Waals surface area (Å²) in [6.45, 7) is 0. The number of ether oxygens (including phenoxy) is 1. The first-order valence-electron chi connectivity index (χ1n) is 9.04. The molecule has 2 aliphatic rings. The molecule has 0 radical (unpaired) electrons. The number of hydrogen-bond acceptors (Lipinski definition) is 4. The maximum absolute atomic E-state index is 13.4. The molecule has 2 aromatic rings. The van der Waals surface area contributed by atoms with Gasteiger partial charge in [0.15, 0.2) is 11.5 Å². The van der Waals surface area contributed by atoms with E-state index in [-0.39, 0.29) is 17.1 Å². The van der Waals surface area contributed by atoms with E-state index in [1.165, 1.54) is 19.2 Å². The average molecular weight is 369 g/mol. The Kier molecular flexibility index (Phi) is 4.13. The summed E-state index contributed by atoms with van der Waals surface area (Å²) in [5.41, 5.74) is 0.661. The van der Waals surface area contributed by atoms with Gasteiger partial charge in [-0.05, 0) is 54.8 Å². The molecular formula is C21H20FNO4. The molecule has 27 heavy (non-hydrogen) atoms. The van der Waals surface area contributed by atoms with E-state index in [0.717, 1.165) is 30.5 Å². The first-order valence-corrected chi connectivity index (χ1v) is 9.04. The Morgan fingerprint density at radius 1 is 1.07 bits per heavy atom. The first kappa shape index (κ1) is 17.5. The molecule has 0 saturated heterocycles. The number of aromatic nitrogens is 1. The third kappa shape index (κ3) is 2.51. The Morgan fingerprint density at radius 2 is 1.70 bits per heavy atom. The molecule has 1 aromatic carbocycles. The zero-order valence-electron chi connectivity index (χ0n) is 15.0. The number of aliphatic hydroxyl groups is 1. The molecule has 6 heteroatoms. The summed E-state index contributed by atoms with van der Waals surface area (Å²) in [5.74, 6) is -1.93. The summed E-state index contributed by atoms with van der Waals surface area (Å²) in [6.07, 6.45) is 3.87. The molecule has 5 nitrogen and oxygen atoms in total. The molecule has 0 unspecified atom stereocenters. The predicted molar refractivity (Wildman–Crippen MR) is 97.5 cm³/mol. The maximum atomic E-state index is 13.4. The van der Waals surface area contributed by atoms with Crippen molar-refractivity contribution < 1.29 is 23.8 Å². The Balaban J connectivity index is 1.99. The van der Waals surface area contributed by atoms with Crippen LogP contribution in [-0.2, 0) is 19.9 Å². The van der Waals surface area contributed by atoms with Crippen LogP contribution < -0.4 is 0 Å². The monoisotopic (exact) mass is 369 g/mol. The molecular weight excluding hydrogens is 349 g/mol. The average Bonchev–Trinajstić information content (AvgIpc) is 3.14. The Labute approximate surface area is 156 Å². The molecule has 1 aliphatic carbocycles. The van der Waals surface area contributed by atoms with Gasteiger partial charge < -0.3 is 14.4 Å². The van der Waals surface area contributed by atoms with Crippen LogP contribution in [0.25, 0.3) is 17.0 Å². The van der Waals surface area contributed by atoms with Crippen molar-refractivity contribution in [2.24, 2.45) is 0 Å². The minimum absolute atomic E-state index is 0.282. The summed E-state index contributed by atoms with van der Waals surface area (Å²) in [4.78, 5) is 25.6. The van der Waals surface area contributed by atoms with Gasteiger partial charge in [0.25, 0.3) is 0 Å². The second kappa shape index (κ2) is 6.37. The summed E-state index contributed by atoms with van der Waals surface area (Å²) in [7, 11) is 1.20. The lowest BCUT2D eigenvalue weighted by Crippen LogP contribution is -2.49. The summed E-state index contributed by atoms with van der Waals surface area (Å²) in [5, 5.41) is 10.7. The lowest BCUT2D eigenvalue weighted by Gasteiger charge is -2.42. The Bertz CT molecular complexity index is 949. The fraction of sp³-hybridized carbons (Fsp3) is 0.333. The molecule has 1 aromatic heterocycles. The molecule has 2 heterocycles. The second-order valence-corrected chi connectivity index (χ2v) is 7.08. The number of halogens is 1. The number of benzene rings is 1. The number of hydrogen-bond donors (Lipinski definition) is 1. The molecule has 0 amide bonds. The Morgan fingerprint density at radius 3 is 2.33 bits per heavy atom. The molecule has 140 valence electrons. The van der Waals surface area contributed by atoms with Crippen LogP contribution in [0.1, 0.15) is 37.8 Å². The van der Waals surface area contributed by atoms with Gasteiger partial charge in [0.2, 0.25) is 0 Å². The van der Waals surface area contributed by atoms with E-state index >= 15 is 0 Å². The molecule has 1 N–H and O–H groups in total. The third-order valence-corrected chi connectivity index (χ3v) is 5.65. The molecule has 1 aliphatic heterocycles. The van der Waals surface area contributed by atoms with E-state index < -0.39 is 17.3 Å². The smallest absolute Gasteiger partial charge is 0.345 e. The minimum atomic E-state index is -0.934. The fourth-order valence-electron chi connectivity index (χ4n) is 4.38. The lowest BCUT2D eigenvalue weighted by atomic mass is 9.73. The number of rotatable bonds is 2. The number of nitrogens with zero attached hydrogens (tertiary/aromatic N) is 1. The van der Waals surface area contributed by atoms with Gasteiger partial charge in [0, 0.05) is 5.69 Å². The van der Waals surface area contributed by atoms with Crippen molar-refractivity contribution in [3.05, 3.63) is 53.5 Å². The van der Waals surface area contributed by atoms with Gasteiger partial charge >= 0.3 is 5.97 Å². The highest BCUT2D eigenvalue weighted by Crippen LogP contribution is 2.46. The zero-order chi connectivity index (χ0) is 19.2.